The van der Waals surface area contributed by atoms with Crippen LogP contribution in [0.5, 0.6) is 0 Å². The van der Waals surface area contributed by atoms with Crippen LogP contribution in [0.15, 0.2) is 4.99 Å². The van der Waals surface area contributed by atoms with Gasteiger partial charge in [0.15, 0.2) is 5.96 Å². The quantitative estimate of drug-likeness (QED) is 0.360. The lowest BCUT2D eigenvalue weighted by atomic mass is 9.90. The number of carbonyl (C=O) groups excluding carboxylic acids is 2. The molecule has 0 spiro atoms. The number of unbranched alkanes of at least 4 members (excludes halogenated alkanes) is 1. The third kappa shape index (κ3) is 5.20. The topological polar surface area (TPSA) is 120 Å². The number of nitrogens with one attached hydrogen (secondary N) is 1. The van der Waals surface area contributed by atoms with Crippen molar-refractivity contribution in [2.45, 2.75) is 58.0 Å². The summed E-state index contributed by atoms with van der Waals surface area (Å²) in [5.41, 5.74) is 11.0. The SMILES string of the molecule is CCCC[C@@H](NC(C)=O)[C@@H]1C[C@H](C(=O)OC)C[C@H]1N=C(N)N. The largest absolute Gasteiger partial charge is 0.469 e. The van der Waals surface area contributed by atoms with E-state index in [1.54, 1.807) is 0 Å². The minimum absolute atomic E-state index is 0.0117. The standard InChI is InChI=1S/C15H28N4O3/c1-4-5-6-12(18-9(2)20)11-7-10(14(21)22-3)8-13(11)19-15(16)17/h10-13H,4-8H2,1-3H3,(H,18,20)(H4,16,17,19)/t10-,11-,12+,13+/m0/s1. The minimum Gasteiger partial charge on any atom is -0.469 e. The van der Waals surface area contributed by atoms with Gasteiger partial charge in [0.05, 0.1) is 19.1 Å². The van der Waals surface area contributed by atoms with Gasteiger partial charge in [-0.3, -0.25) is 9.59 Å². The van der Waals surface area contributed by atoms with Crippen LogP contribution in [0.25, 0.3) is 0 Å². The second-order valence-electron chi connectivity index (χ2n) is 5.93. The number of nitrogens with zero attached hydrogens (tertiary/aromatic N) is 1. The van der Waals surface area contributed by atoms with Crippen molar-refractivity contribution in [1.82, 2.24) is 5.32 Å². The smallest absolute Gasteiger partial charge is 0.308 e. The summed E-state index contributed by atoms with van der Waals surface area (Å²) in [5.74, 6) is -0.485. The maximum absolute atomic E-state index is 11.8. The molecule has 0 aliphatic heterocycles. The molecule has 0 aromatic heterocycles. The molecule has 0 aromatic rings. The van der Waals surface area contributed by atoms with Crippen LogP contribution in [0.4, 0.5) is 0 Å². The van der Waals surface area contributed by atoms with Gasteiger partial charge < -0.3 is 21.5 Å². The van der Waals surface area contributed by atoms with Crippen LogP contribution in [0.3, 0.4) is 0 Å². The molecule has 0 unspecified atom stereocenters. The molecule has 7 nitrogen and oxygen atoms in total. The number of ether oxygens (including phenoxy) is 1. The lowest BCUT2D eigenvalue weighted by molar-refractivity contribution is -0.145. The van der Waals surface area contributed by atoms with Crippen molar-refractivity contribution in [1.29, 1.82) is 0 Å². The highest BCUT2D eigenvalue weighted by Gasteiger charge is 2.42. The van der Waals surface area contributed by atoms with E-state index in [-0.39, 0.29) is 41.8 Å². The number of nitrogens with two attached hydrogens (primary N) is 2. The zero-order chi connectivity index (χ0) is 16.7. The third-order valence-corrected chi connectivity index (χ3v) is 4.20. The van der Waals surface area contributed by atoms with Crippen LogP contribution >= 0.6 is 0 Å². The van der Waals surface area contributed by atoms with Gasteiger partial charge in [-0.05, 0) is 19.3 Å². The monoisotopic (exact) mass is 312 g/mol. The maximum atomic E-state index is 11.8. The molecule has 126 valence electrons. The van der Waals surface area contributed by atoms with Gasteiger partial charge in [-0.25, -0.2) is 4.99 Å². The Hall–Kier alpha value is -1.79. The summed E-state index contributed by atoms with van der Waals surface area (Å²) in [4.78, 5) is 27.6. The molecule has 0 radical (unpaired) electrons. The van der Waals surface area contributed by atoms with Gasteiger partial charge >= 0.3 is 5.97 Å². The number of amides is 1. The first-order valence-corrected chi connectivity index (χ1v) is 7.82. The van der Waals surface area contributed by atoms with Crippen molar-refractivity contribution in [3.63, 3.8) is 0 Å². The van der Waals surface area contributed by atoms with E-state index >= 15 is 0 Å². The average molecular weight is 312 g/mol. The van der Waals surface area contributed by atoms with Crippen molar-refractivity contribution in [2.24, 2.45) is 28.3 Å². The maximum Gasteiger partial charge on any atom is 0.308 e. The van der Waals surface area contributed by atoms with E-state index in [2.05, 4.69) is 17.2 Å². The summed E-state index contributed by atoms with van der Waals surface area (Å²) >= 11 is 0. The Morgan fingerprint density at radius 2 is 2.05 bits per heavy atom. The number of guanidine groups is 1. The number of methoxy groups -OCH3 is 1. The van der Waals surface area contributed by atoms with E-state index in [1.807, 2.05) is 0 Å². The molecule has 1 saturated carbocycles. The van der Waals surface area contributed by atoms with Gasteiger partial charge in [0, 0.05) is 18.9 Å². The zero-order valence-corrected chi connectivity index (χ0v) is 13.7. The van der Waals surface area contributed by atoms with Crippen LogP contribution in [-0.4, -0.2) is 37.0 Å². The first-order chi connectivity index (χ1) is 10.4. The van der Waals surface area contributed by atoms with Crippen LogP contribution in [-0.2, 0) is 14.3 Å². The molecule has 1 fully saturated rings. The Kier molecular flexibility index (Phi) is 7.14. The molecule has 0 aromatic carbocycles. The highest BCUT2D eigenvalue weighted by Crippen LogP contribution is 2.37. The Morgan fingerprint density at radius 1 is 1.36 bits per heavy atom. The molecule has 0 heterocycles. The highest BCUT2D eigenvalue weighted by atomic mass is 16.5. The summed E-state index contributed by atoms with van der Waals surface area (Å²) in [6.45, 7) is 3.60. The Balaban J connectivity index is 2.93. The van der Waals surface area contributed by atoms with Crippen LogP contribution in [0, 0.1) is 11.8 Å². The van der Waals surface area contributed by atoms with E-state index in [1.165, 1.54) is 14.0 Å². The molecule has 4 atom stereocenters. The number of hydrogen-bond donors (Lipinski definition) is 3. The van der Waals surface area contributed by atoms with Gasteiger partial charge in [0.2, 0.25) is 5.91 Å². The number of esters is 1. The molecule has 7 heteroatoms. The van der Waals surface area contributed by atoms with Gasteiger partial charge in [0.1, 0.15) is 0 Å². The van der Waals surface area contributed by atoms with Gasteiger partial charge in [-0.2, -0.15) is 0 Å². The lowest BCUT2D eigenvalue weighted by Crippen LogP contribution is -2.42. The lowest BCUT2D eigenvalue weighted by Gasteiger charge is -2.27. The first kappa shape index (κ1) is 18.3. The Labute approximate surface area is 131 Å². The summed E-state index contributed by atoms with van der Waals surface area (Å²) < 4.78 is 4.84. The predicted molar refractivity (Wildman–Crippen MR) is 85.0 cm³/mol. The van der Waals surface area contributed by atoms with E-state index in [0.29, 0.717) is 12.8 Å². The molecule has 22 heavy (non-hydrogen) atoms. The number of aliphatic imine (C=N–C) groups is 1. The fraction of sp³-hybridized carbons (Fsp3) is 0.800. The average Bonchev–Trinajstić information content (AvgIpc) is 2.85. The van der Waals surface area contributed by atoms with Crippen LogP contribution in [0.2, 0.25) is 0 Å². The molecule has 0 saturated heterocycles. The summed E-state index contributed by atoms with van der Waals surface area (Å²) in [7, 11) is 1.38. The molecule has 1 rings (SSSR count). The second kappa shape index (κ2) is 8.60. The first-order valence-electron chi connectivity index (χ1n) is 7.82. The minimum atomic E-state index is -0.240. The summed E-state index contributed by atoms with van der Waals surface area (Å²) in [5, 5.41) is 3.00. The van der Waals surface area contributed by atoms with Crippen molar-refractivity contribution in [3.05, 3.63) is 0 Å². The van der Waals surface area contributed by atoms with Crippen molar-refractivity contribution < 1.29 is 14.3 Å². The van der Waals surface area contributed by atoms with Crippen molar-refractivity contribution in [3.8, 4) is 0 Å². The summed E-state index contributed by atoms with van der Waals surface area (Å²) in [6.07, 6.45) is 4.07. The van der Waals surface area contributed by atoms with Gasteiger partial charge in [-0.1, -0.05) is 19.8 Å². The molecular formula is C15H28N4O3. The van der Waals surface area contributed by atoms with Gasteiger partial charge in [-0.15, -0.1) is 0 Å². The normalized spacial score (nSPS) is 25.3. The summed E-state index contributed by atoms with van der Waals surface area (Å²) in [6, 6.07) is -0.192. The molecule has 1 aliphatic rings. The number of hydrogen-bond acceptors (Lipinski definition) is 4. The molecule has 1 aliphatic carbocycles. The van der Waals surface area contributed by atoms with Crippen LogP contribution < -0.4 is 16.8 Å². The molecule has 5 N–H and O–H groups in total. The van der Waals surface area contributed by atoms with E-state index < -0.39 is 0 Å². The molecular weight excluding hydrogens is 284 g/mol. The number of carbonyl (C=O) groups is 2. The number of rotatable bonds is 7. The van der Waals surface area contributed by atoms with Crippen molar-refractivity contribution >= 4 is 17.8 Å². The van der Waals surface area contributed by atoms with Gasteiger partial charge in [0.25, 0.3) is 0 Å². The van der Waals surface area contributed by atoms with Crippen molar-refractivity contribution in [2.75, 3.05) is 7.11 Å². The molecule has 1 amide bonds. The fourth-order valence-corrected chi connectivity index (χ4v) is 3.26. The second-order valence-corrected chi connectivity index (χ2v) is 5.93. The third-order valence-electron chi connectivity index (χ3n) is 4.20. The fourth-order valence-electron chi connectivity index (χ4n) is 3.26. The van der Waals surface area contributed by atoms with E-state index in [4.69, 9.17) is 16.2 Å². The van der Waals surface area contributed by atoms with Crippen LogP contribution in [0.1, 0.15) is 46.0 Å². The molecule has 0 bridgehead atoms. The highest BCUT2D eigenvalue weighted by molar-refractivity contribution is 5.77. The van der Waals surface area contributed by atoms with E-state index in [9.17, 15) is 9.59 Å². The van der Waals surface area contributed by atoms with E-state index in [0.717, 1.165) is 19.3 Å². The zero-order valence-electron chi connectivity index (χ0n) is 13.7. The Morgan fingerprint density at radius 3 is 2.55 bits per heavy atom. The Bertz CT molecular complexity index is 421. The predicted octanol–water partition coefficient (Wildman–Crippen LogP) is 0.523.